The molecule has 9 heteroatoms. The van der Waals surface area contributed by atoms with Crippen molar-refractivity contribution >= 4 is 32.7 Å². The third-order valence-corrected chi connectivity index (χ3v) is 7.50. The van der Waals surface area contributed by atoms with Crippen LogP contribution >= 0.6 is 0 Å². The van der Waals surface area contributed by atoms with Gasteiger partial charge in [-0.2, -0.15) is 4.31 Å². The number of amides is 1. The Morgan fingerprint density at radius 1 is 1.03 bits per heavy atom. The van der Waals surface area contributed by atoms with Crippen LogP contribution in [0.5, 0.6) is 0 Å². The van der Waals surface area contributed by atoms with E-state index in [1.54, 1.807) is 35.4 Å². The summed E-state index contributed by atoms with van der Waals surface area (Å²) >= 11 is 0. The Morgan fingerprint density at radius 3 is 2.45 bits per heavy atom. The fourth-order valence-electron chi connectivity index (χ4n) is 3.72. The number of benzene rings is 1. The van der Waals surface area contributed by atoms with Crippen molar-refractivity contribution in [3.8, 4) is 0 Å². The number of aromatic amines is 1. The molecule has 0 radical (unpaired) electrons. The van der Waals surface area contributed by atoms with E-state index in [2.05, 4.69) is 9.97 Å². The molecular formula is C22H24N4O4S. The summed E-state index contributed by atoms with van der Waals surface area (Å²) in [5.74, 6) is -0.198. The molecule has 3 heterocycles. The lowest BCUT2D eigenvalue weighted by Gasteiger charge is -2.34. The van der Waals surface area contributed by atoms with E-state index >= 15 is 0 Å². The Hall–Kier alpha value is -3.04. The largest absolute Gasteiger partial charge is 0.345 e. The second-order valence-electron chi connectivity index (χ2n) is 7.63. The van der Waals surface area contributed by atoms with Crippen molar-refractivity contribution in [2.45, 2.75) is 24.7 Å². The molecule has 8 nitrogen and oxygen atoms in total. The normalized spacial score (nSPS) is 15.3. The minimum atomic E-state index is -3.69. The van der Waals surface area contributed by atoms with Gasteiger partial charge < -0.3 is 9.88 Å². The number of aryl methyl sites for hydroxylation is 1. The lowest BCUT2D eigenvalue weighted by atomic mass is 10.0. The number of rotatable bonds is 6. The Labute approximate surface area is 180 Å². The highest BCUT2D eigenvalue weighted by Gasteiger charge is 2.31. The van der Waals surface area contributed by atoms with Crippen LogP contribution in [0.3, 0.4) is 0 Å². The number of pyridine rings is 1. The van der Waals surface area contributed by atoms with E-state index in [0.29, 0.717) is 29.7 Å². The third-order valence-electron chi connectivity index (χ3n) is 5.56. The predicted octanol–water partition coefficient (Wildman–Crippen LogP) is 2.37. The molecule has 1 aromatic carbocycles. The van der Waals surface area contributed by atoms with Gasteiger partial charge in [-0.3, -0.25) is 9.59 Å². The number of Topliss-reactive ketones (excluding diaryl/α,β-unsaturated/α-hetero) is 1. The molecule has 1 aliphatic rings. The topological polar surface area (TPSA) is 103 Å². The van der Waals surface area contributed by atoms with Crippen molar-refractivity contribution in [2.75, 3.05) is 26.2 Å². The van der Waals surface area contributed by atoms with Gasteiger partial charge in [0.05, 0.1) is 0 Å². The number of ketones is 1. The standard InChI is InChI=1S/C22H24N4O4S/c1-16-4-6-17(7-5-16)19(27)8-9-21(28)25-11-13-26(14-12-25)31(29,30)20-15-24-22-18(20)3-2-10-23-22/h2-7,10,15H,8-9,11-14H2,1H3,(H,23,24). The van der Waals surface area contributed by atoms with Crippen molar-refractivity contribution in [1.82, 2.24) is 19.2 Å². The summed E-state index contributed by atoms with van der Waals surface area (Å²) in [6, 6.07) is 10.7. The molecule has 0 saturated carbocycles. The molecule has 0 atom stereocenters. The number of nitrogens with zero attached hydrogens (tertiary/aromatic N) is 3. The van der Waals surface area contributed by atoms with E-state index in [1.807, 2.05) is 19.1 Å². The number of carbonyl (C=O) groups is 2. The molecule has 0 spiro atoms. The van der Waals surface area contributed by atoms with Crippen molar-refractivity contribution < 1.29 is 18.0 Å². The maximum absolute atomic E-state index is 13.1. The maximum Gasteiger partial charge on any atom is 0.245 e. The van der Waals surface area contributed by atoms with Crippen LogP contribution in [0.1, 0.15) is 28.8 Å². The number of carbonyl (C=O) groups excluding carboxylic acids is 2. The first-order valence-electron chi connectivity index (χ1n) is 10.2. The fourth-order valence-corrected chi connectivity index (χ4v) is 5.30. The van der Waals surface area contributed by atoms with Gasteiger partial charge in [-0.25, -0.2) is 13.4 Å². The van der Waals surface area contributed by atoms with Crippen LogP contribution in [0.4, 0.5) is 0 Å². The molecule has 1 fully saturated rings. The second kappa shape index (κ2) is 8.60. The van der Waals surface area contributed by atoms with Crippen LogP contribution in [-0.4, -0.2) is 65.5 Å². The highest BCUT2D eigenvalue weighted by atomic mass is 32.2. The lowest BCUT2D eigenvalue weighted by molar-refractivity contribution is -0.132. The van der Waals surface area contributed by atoms with Crippen molar-refractivity contribution in [3.05, 3.63) is 59.9 Å². The second-order valence-corrected chi connectivity index (χ2v) is 9.53. The van der Waals surface area contributed by atoms with Gasteiger partial charge in [0.15, 0.2) is 5.78 Å². The zero-order valence-corrected chi connectivity index (χ0v) is 18.1. The van der Waals surface area contributed by atoms with Gasteiger partial charge in [0.25, 0.3) is 0 Å². The van der Waals surface area contributed by atoms with E-state index in [-0.39, 0.29) is 42.5 Å². The molecule has 4 rings (SSSR count). The number of hydrogen-bond acceptors (Lipinski definition) is 5. The molecule has 1 saturated heterocycles. The first-order valence-corrected chi connectivity index (χ1v) is 11.6. The van der Waals surface area contributed by atoms with Crippen LogP contribution in [-0.2, 0) is 14.8 Å². The highest BCUT2D eigenvalue weighted by molar-refractivity contribution is 7.89. The minimum absolute atomic E-state index is 0.0671. The van der Waals surface area contributed by atoms with E-state index in [9.17, 15) is 18.0 Å². The lowest BCUT2D eigenvalue weighted by Crippen LogP contribution is -2.50. The van der Waals surface area contributed by atoms with E-state index < -0.39 is 10.0 Å². The van der Waals surface area contributed by atoms with E-state index in [1.165, 1.54) is 10.5 Å². The van der Waals surface area contributed by atoms with Crippen molar-refractivity contribution in [3.63, 3.8) is 0 Å². The highest BCUT2D eigenvalue weighted by Crippen LogP contribution is 2.25. The summed E-state index contributed by atoms with van der Waals surface area (Å²) in [5, 5.41) is 0.552. The number of aromatic nitrogens is 2. The molecule has 0 aliphatic carbocycles. The van der Waals surface area contributed by atoms with Crippen LogP contribution in [0, 0.1) is 6.92 Å². The Bertz CT molecular complexity index is 1210. The molecule has 1 aliphatic heterocycles. The van der Waals surface area contributed by atoms with Gasteiger partial charge in [-0.15, -0.1) is 0 Å². The molecule has 0 bridgehead atoms. The van der Waals surface area contributed by atoms with Gasteiger partial charge in [0.2, 0.25) is 15.9 Å². The average molecular weight is 441 g/mol. The predicted molar refractivity (Wildman–Crippen MR) is 116 cm³/mol. The SMILES string of the molecule is Cc1ccc(C(=O)CCC(=O)N2CCN(S(=O)(=O)c3c[nH]c4ncccc34)CC2)cc1. The third kappa shape index (κ3) is 4.38. The molecule has 0 unspecified atom stereocenters. The summed E-state index contributed by atoms with van der Waals surface area (Å²) in [5.41, 5.74) is 2.19. The number of piperazine rings is 1. The average Bonchev–Trinajstić information content (AvgIpc) is 3.23. The molecular weight excluding hydrogens is 416 g/mol. The number of hydrogen-bond donors (Lipinski definition) is 1. The van der Waals surface area contributed by atoms with Crippen molar-refractivity contribution in [2.24, 2.45) is 0 Å². The summed E-state index contributed by atoms with van der Waals surface area (Å²) in [4.78, 5) is 33.7. The molecule has 1 amide bonds. The molecule has 3 aromatic rings. The fraction of sp³-hybridized carbons (Fsp3) is 0.318. The van der Waals surface area contributed by atoms with Crippen LogP contribution in [0.2, 0.25) is 0 Å². The molecule has 162 valence electrons. The van der Waals surface area contributed by atoms with Crippen LogP contribution < -0.4 is 0 Å². The van der Waals surface area contributed by atoms with E-state index in [4.69, 9.17) is 0 Å². The number of fused-ring (bicyclic) bond motifs is 1. The summed E-state index contributed by atoms with van der Waals surface area (Å²) in [7, 11) is -3.69. The van der Waals surface area contributed by atoms with Gasteiger partial charge in [-0.05, 0) is 19.1 Å². The smallest absolute Gasteiger partial charge is 0.245 e. The quantitative estimate of drug-likeness (QED) is 0.593. The van der Waals surface area contributed by atoms with Gasteiger partial charge in [0.1, 0.15) is 10.5 Å². The zero-order chi connectivity index (χ0) is 22.0. The van der Waals surface area contributed by atoms with Gasteiger partial charge in [0, 0.05) is 62.4 Å². The molecule has 1 N–H and O–H groups in total. The number of sulfonamides is 1. The number of nitrogens with one attached hydrogen (secondary N) is 1. The molecule has 31 heavy (non-hydrogen) atoms. The minimum Gasteiger partial charge on any atom is -0.345 e. The van der Waals surface area contributed by atoms with Gasteiger partial charge >= 0.3 is 0 Å². The first-order chi connectivity index (χ1) is 14.9. The van der Waals surface area contributed by atoms with Gasteiger partial charge in [-0.1, -0.05) is 29.8 Å². The zero-order valence-electron chi connectivity index (χ0n) is 17.2. The van der Waals surface area contributed by atoms with E-state index in [0.717, 1.165) is 5.56 Å². The summed E-state index contributed by atoms with van der Waals surface area (Å²) < 4.78 is 27.5. The first kappa shape index (κ1) is 21.2. The van der Waals surface area contributed by atoms with Crippen LogP contribution in [0.15, 0.2) is 53.7 Å². The Kier molecular flexibility index (Phi) is 5.88. The Balaban J connectivity index is 1.34. The van der Waals surface area contributed by atoms with Crippen LogP contribution in [0.25, 0.3) is 11.0 Å². The molecule has 2 aromatic heterocycles. The number of H-pyrrole nitrogens is 1. The Morgan fingerprint density at radius 2 is 1.74 bits per heavy atom. The monoisotopic (exact) mass is 440 g/mol. The van der Waals surface area contributed by atoms with Crippen molar-refractivity contribution in [1.29, 1.82) is 0 Å². The summed E-state index contributed by atoms with van der Waals surface area (Å²) in [6.45, 7) is 2.99. The maximum atomic E-state index is 13.1. The summed E-state index contributed by atoms with van der Waals surface area (Å²) in [6.07, 6.45) is 3.32.